The third kappa shape index (κ3) is 2.96. The molecule has 78 valence electrons. The largest absolute Gasteiger partial charge is 0.379 e. The lowest BCUT2D eigenvalue weighted by atomic mass is 9.75. The van der Waals surface area contributed by atoms with Crippen molar-refractivity contribution in [2.75, 3.05) is 13.1 Å². The summed E-state index contributed by atoms with van der Waals surface area (Å²) >= 11 is 0. The van der Waals surface area contributed by atoms with Crippen LogP contribution >= 0.6 is 0 Å². The molecule has 0 aliphatic carbocycles. The molecular formula is C11H23NO. The summed E-state index contributed by atoms with van der Waals surface area (Å²) in [7, 11) is 0. The van der Waals surface area contributed by atoms with Crippen LogP contribution in [0, 0.1) is 11.3 Å². The number of likely N-dealkylation sites (tertiary alicyclic amines) is 1. The van der Waals surface area contributed by atoms with Gasteiger partial charge in [-0.3, -0.25) is 4.90 Å². The lowest BCUT2D eigenvalue weighted by Gasteiger charge is -2.39. The number of piperidine rings is 1. The van der Waals surface area contributed by atoms with Crippen molar-refractivity contribution in [2.24, 2.45) is 11.3 Å². The summed E-state index contributed by atoms with van der Waals surface area (Å²) in [6.07, 6.45) is 2.20. The zero-order chi connectivity index (χ0) is 10.1. The summed E-state index contributed by atoms with van der Waals surface area (Å²) in [5.74, 6) is 0.822. The van der Waals surface area contributed by atoms with Crippen molar-refractivity contribution in [3.63, 3.8) is 0 Å². The van der Waals surface area contributed by atoms with Gasteiger partial charge in [-0.15, -0.1) is 0 Å². The molecule has 0 aromatic rings. The average molecular weight is 185 g/mol. The van der Waals surface area contributed by atoms with Crippen LogP contribution in [0.25, 0.3) is 0 Å². The Morgan fingerprint density at radius 1 is 1.23 bits per heavy atom. The van der Waals surface area contributed by atoms with Gasteiger partial charge in [0.1, 0.15) is 6.23 Å². The molecule has 0 spiro atoms. The van der Waals surface area contributed by atoms with E-state index in [0.717, 1.165) is 19.0 Å². The van der Waals surface area contributed by atoms with Gasteiger partial charge in [0, 0.05) is 13.1 Å². The van der Waals surface area contributed by atoms with Gasteiger partial charge in [0.25, 0.3) is 0 Å². The highest BCUT2D eigenvalue weighted by Crippen LogP contribution is 2.34. The molecule has 1 aliphatic rings. The predicted octanol–water partition coefficient (Wildman–Crippen LogP) is 2.08. The molecule has 1 unspecified atom stereocenters. The molecule has 0 bridgehead atoms. The van der Waals surface area contributed by atoms with Gasteiger partial charge in [0.15, 0.2) is 0 Å². The SMILES string of the molecule is CC(O)N1CCC(C(C)(C)C)CC1. The van der Waals surface area contributed by atoms with Gasteiger partial charge in [-0.2, -0.15) is 0 Å². The van der Waals surface area contributed by atoms with Gasteiger partial charge in [-0.1, -0.05) is 20.8 Å². The number of hydrogen-bond donors (Lipinski definition) is 1. The molecule has 0 amide bonds. The van der Waals surface area contributed by atoms with Crippen molar-refractivity contribution >= 4 is 0 Å². The van der Waals surface area contributed by atoms with Crippen LogP contribution in [-0.2, 0) is 0 Å². The lowest BCUT2D eigenvalue weighted by molar-refractivity contribution is -0.0161. The fourth-order valence-electron chi connectivity index (χ4n) is 2.14. The van der Waals surface area contributed by atoms with E-state index in [4.69, 9.17) is 0 Å². The molecule has 2 heteroatoms. The fraction of sp³-hybridized carbons (Fsp3) is 1.00. The Kier molecular flexibility index (Phi) is 3.36. The van der Waals surface area contributed by atoms with Crippen LogP contribution in [0.3, 0.4) is 0 Å². The Hall–Kier alpha value is -0.0800. The molecule has 2 nitrogen and oxygen atoms in total. The second-order valence-corrected chi connectivity index (χ2v) is 5.31. The molecule has 0 aromatic carbocycles. The number of nitrogens with zero attached hydrogens (tertiary/aromatic N) is 1. The Bertz CT molecular complexity index is 152. The van der Waals surface area contributed by atoms with E-state index in [-0.39, 0.29) is 6.23 Å². The van der Waals surface area contributed by atoms with E-state index in [1.807, 2.05) is 6.92 Å². The van der Waals surface area contributed by atoms with Crippen LogP contribution in [0.4, 0.5) is 0 Å². The Balaban J connectivity index is 2.39. The van der Waals surface area contributed by atoms with Crippen LogP contribution in [0.2, 0.25) is 0 Å². The standard InChI is InChI=1S/C11H23NO/c1-9(13)12-7-5-10(6-8-12)11(2,3)4/h9-10,13H,5-8H2,1-4H3. The van der Waals surface area contributed by atoms with Gasteiger partial charge < -0.3 is 5.11 Å². The van der Waals surface area contributed by atoms with E-state index < -0.39 is 0 Å². The van der Waals surface area contributed by atoms with E-state index in [9.17, 15) is 5.11 Å². The highest BCUT2D eigenvalue weighted by atomic mass is 16.3. The molecule has 1 fully saturated rings. The number of hydrogen-bond acceptors (Lipinski definition) is 2. The first kappa shape index (κ1) is 11.0. The first-order chi connectivity index (χ1) is 5.91. The summed E-state index contributed by atoms with van der Waals surface area (Å²) in [6.45, 7) is 10.9. The van der Waals surface area contributed by atoms with E-state index in [1.54, 1.807) is 0 Å². The third-order valence-corrected chi connectivity index (χ3v) is 3.28. The van der Waals surface area contributed by atoms with Crippen molar-refractivity contribution < 1.29 is 5.11 Å². The van der Waals surface area contributed by atoms with Crippen molar-refractivity contribution in [3.8, 4) is 0 Å². The molecule has 1 atom stereocenters. The molecule has 1 heterocycles. The fourth-order valence-corrected chi connectivity index (χ4v) is 2.14. The van der Waals surface area contributed by atoms with Crippen molar-refractivity contribution in [2.45, 2.75) is 46.8 Å². The van der Waals surface area contributed by atoms with Gasteiger partial charge in [0.05, 0.1) is 0 Å². The number of aliphatic hydroxyl groups is 1. The molecule has 0 aromatic heterocycles. The molecule has 1 N–H and O–H groups in total. The topological polar surface area (TPSA) is 23.5 Å². The quantitative estimate of drug-likeness (QED) is 0.676. The first-order valence-electron chi connectivity index (χ1n) is 5.33. The Labute approximate surface area is 81.9 Å². The third-order valence-electron chi connectivity index (χ3n) is 3.28. The Morgan fingerprint density at radius 2 is 1.69 bits per heavy atom. The molecule has 0 saturated carbocycles. The first-order valence-corrected chi connectivity index (χ1v) is 5.33. The Morgan fingerprint density at radius 3 is 2.00 bits per heavy atom. The minimum atomic E-state index is -0.263. The average Bonchev–Trinajstić information content (AvgIpc) is 2.03. The van der Waals surface area contributed by atoms with Crippen LogP contribution in [0.1, 0.15) is 40.5 Å². The maximum Gasteiger partial charge on any atom is 0.104 e. The maximum atomic E-state index is 9.39. The zero-order valence-electron chi connectivity index (χ0n) is 9.38. The monoisotopic (exact) mass is 185 g/mol. The minimum Gasteiger partial charge on any atom is -0.379 e. The van der Waals surface area contributed by atoms with E-state index in [0.29, 0.717) is 5.41 Å². The van der Waals surface area contributed by atoms with E-state index in [1.165, 1.54) is 12.8 Å². The highest BCUT2D eigenvalue weighted by molar-refractivity contribution is 4.80. The summed E-state index contributed by atoms with van der Waals surface area (Å²) < 4.78 is 0. The maximum absolute atomic E-state index is 9.39. The van der Waals surface area contributed by atoms with Crippen molar-refractivity contribution in [3.05, 3.63) is 0 Å². The molecule has 13 heavy (non-hydrogen) atoms. The highest BCUT2D eigenvalue weighted by Gasteiger charge is 2.29. The normalized spacial score (nSPS) is 24.7. The summed E-state index contributed by atoms with van der Waals surface area (Å²) in [6, 6.07) is 0. The summed E-state index contributed by atoms with van der Waals surface area (Å²) in [5, 5.41) is 9.39. The summed E-state index contributed by atoms with van der Waals surface area (Å²) in [5.41, 5.74) is 0.435. The van der Waals surface area contributed by atoms with Crippen LogP contribution in [-0.4, -0.2) is 29.3 Å². The van der Waals surface area contributed by atoms with E-state index in [2.05, 4.69) is 25.7 Å². The second kappa shape index (κ2) is 3.97. The van der Waals surface area contributed by atoms with Crippen LogP contribution in [0.15, 0.2) is 0 Å². The van der Waals surface area contributed by atoms with Crippen LogP contribution < -0.4 is 0 Å². The van der Waals surface area contributed by atoms with Crippen molar-refractivity contribution in [1.29, 1.82) is 0 Å². The lowest BCUT2D eigenvalue weighted by Crippen LogP contribution is -2.42. The molecule has 1 aliphatic heterocycles. The van der Waals surface area contributed by atoms with Gasteiger partial charge >= 0.3 is 0 Å². The van der Waals surface area contributed by atoms with Crippen molar-refractivity contribution in [1.82, 2.24) is 4.90 Å². The predicted molar refractivity (Wildman–Crippen MR) is 55.4 cm³/mol. The van der Waals surface area contributed by atoms with E-state index >= 15 is 0 Å². The zero-order valence-corrected chi connectivity index (χ0v) is 9.38. The molecule has 0 radical (unpaired) electrons. The molecule has 1 rings (SSSR count). The van der Waals surface area contributed by atoms with Crippen LogP contribution in [0.5, 0.6) is 0 Å². The molecule has 1 saturated heterocycles. The number of rotatable bonds is 1. The number of aliphatic hydroxyl groups excluding tert-OH is 1. The minimum absolute atomic E-state index is 0.263. The second-order valence-electron chi connectivity index (χ2n) is 5.31. The van der Waals surface area contributed by atoms with Gasteiger partial charge in [-0.05, 0) is 31.1 Å². The molecular weight excluding hydrogens is 162 g/mol. The smallest absolute Gasteiger partial charge is 0.104 e. The summed E-state index contributed by atoms with van der Waals surface area (Å²) in [4.78, 5) is 2.16. The van der Waals surface area contributed by atoms with Gasteiger partial charge in [0.2, 0.25) is 0 Å². The van der Waals surface area contributed by atoms with Gasteiger partial charge in [-0.25, -0.2) is 0 Å².